The molecule has 0 saturated carbocycles. The third-order valence-electron chi connectivity index (χ3n) is 2.00. The van der Waals surface area contributed by atoms with E-state index in [4.69, 9.17) is 11.6 Å². The van der Waals surface area contributed by atoms with Gasteiger partial charge in [-0.25, -0.2) is 0 Å². The maximum absolute atomic E-state index is 6.24. The van der Waals surface area contributed by atoms with Crippen LogP contribution in [0.2, 0.25) is 10.6 Å². The fourth-order valence-corrected chi connectivity index (χ4v) is 4.49. The first-order valence-corrected chi connectivity index (χ1v) is 6.73. The molecule has 0 heterocycles. The zero-order valence-electron chi connectivity index (χ0n) is 8.95. The van der Waals surface area contributed by atoms with E-state index in [0.29, 0.717) is 5.04 Å². The van der Waals surface area contributed by atoms with Crippen molar-refractivity contribution < 1.29 is 0 Å². The highest BCUT2D eigenvalue weighted by Gasteiger charge is 2.28. The molecular formula is C9H22ClNSi. The van der Waals surface area contributed by atoms with Crippen molar-refractivity contribution in [2.45, 2.75) is 50.7 Å². The van der Waals surface area contributed by atoms with E-state index < -0.39 is 0 Å². The quantitative estimate of drug-likeness (QED) is 0.415. The fraction of sp³-hybridized carbons (Fsp3) is 1.00. The molecule has 1 nitrogen and oxygen atoms in total. The monoisotopic (exact) mass is 207 g/mol. The lowest BCUT2D eigenvalue weighted by molar-refractivity contribution is 0.527. The molecule has 0 amide bonds. The molecule has 0 aromatic rings. The minimum Gasteiger partial charge on any atom is -0.301 e. The van der Waals surface area contributed by atoms with Crippen LogP contribution in [0.3, 0.4) is 0 Å². The molecular weight excluding hydrogens is 186 g/mol. The van der Waals surface area contributed by atoms with E-state index in [-0.39, 0.29) is 15.0 Å². The molecule has 0 aromatic carbocycles. The van der Waals surface area contributed by atoms with Crippen molar-refractivity contribution in [3.8, 4) is 0 Å². The Kier molecular flexibility index (Phi) is 5.46. The second-order valence-electron chi connectivity index (χ2n) is 4.51. The van der Waals surface area contributed by atoms with Crippen LogP contribution in [0.4, 0.5) is 0 Å². The summed E-state index contributed by atoms with van der Waals surface area (Å²) in [5, 5.41) is 3.62. The lowest BCUT2D eigenvalue weighted by Gasteiger charge is -2.31. The SMILES string of the molecule is CCNC(Cl)C(C)(C)[SiH2]C(C)C. The number of rotatable bonds is 5. The van der Waals surface area contributed by atoms with Crippen LogP contribution in [0.15, 0.2) is 0 Å². The van der Waals surface area contributed by atoms with Gasteiger partial charge in [0.1, 0.15) is 0 Å². The average molecular weight is 208 g/mol. The van der Waals surface area contributed by atoms with E-state index in [0.717, 1.165) is 12.1 Å². The third kappa shape index (κ3) is 4.48. The molecule has 0 fully saturated rings. The van der Waals surface area contributed by atoms with Gasteiger partial charge in [-0.15, -0.1) is 11.6 Å². The van der Waals surface area contributed by atoms with Gasteiger partial charge in [0.25, 0.3) is 0 Å². The predicted octanol–water partition coefficient (Wildman–Crippen LogP) is 2.36. The van der Waals surface area contributed by atoms with Gasteiger partial charge in [-0.2, -0.15) is 0 Å². The van der Waals surface area contributed by atoms with Crippen molar-refractivity contribution in [3.63, 3.8) is 0 Å². The number of alkyl halides is 1. The first-order valence-electron chi connectivity index (χ1n) is 4.77. The van der Waals surface area contributed by atoms with Gasteiger partial charge >= 0.3 is 0 Å². The van der Waals surface area contributed by atoms with Crippen molar-refractivity contribution >= 4 is 21.1 Å². The first-order chi connectivity index (χ1) is 5.40. The molecule has 0 aliphatic carbocycles. The van der Waals surface area contributed by atoms with E-state index in [1.807, 2.05) is 0 Å². The molecule has 0 rings (SSSR count). The van der Waals surface area contributed by atoms with Gasteiger partial charge in [0.15, 0.2) is 0 Å². The Morgan fingerprint density at radius 1 is 1.42 bits per heavy atom. The minimum atomic E-state index is -0.0882. The molecule has 0 saturated heterocycles. The molecule has 1 atom stereocenters. The average Bonchev–Trinajstić information content (AvgIpc) is 1.85. The maximum Gasteiger partial charge on any atom is 0.0847 e. The number of hydrogen-bond donors (Lipinski definition) is 1. The third-order valence-corrected chi connectivity index (χ3v) is 5.28. The van der Waals surface area contributed by atoms with Crippen molar-refractivity contribution in [3.05, 3.63) is 0 Å². The normalized spacial score (nSPS) is 16.2. The minimum absolute atomic E-state index is 0.0882. The maximum atomic E-state index is 6.24. The summed E-state index contributed by atoms with van der Waals surface area (Å²) < 4.78 is 0. The zero-order chi connectivity index (χ0) is 9.78. The lowest BCUT2D eigenvalue weighted by Crippen LogP contribution is -2.37. The summed E-state index contributed by atoms with van der Waals surface area (Å²) >= 11 is 6.24. The standard InChI is InChI=1S/C9H22ClNSi/c1-6-11-8(10)9(4,5)12-7(2)3/h7-8,11H,6,12H2,1-5H3. The molecule has 0 bridgehead atoms. The molecule has 0 radical (unpaired) electrons. The summed E-state index contributed by atoms with van der Waals surface area (Å²) in [6.07, 6.45) is 0. The second kappa shape index (κ2) is 5.25. The highest BCUT2D eigenvalue weighted by Crippen LogP contribution is 2.33. The molecule has 1 N–H and O–H groups in total. The largest absolute Gasteiger partial charge is 0.301 e. The van der Waals surface area contributed by atoms with E-state index in [9.17, 15) is 0 Å². The highest BCUT2D eigenvalue weighted by molar-refractivity contribution is 6.44. The van der Waals surface area contributed by atoms with Gasteiger partial charge in [-0.1, -0.05) is 40.2 Å². The van der Waals surface area contributed by atoms with Crippen LogP contribution >= 0.6 is 11.6 Å². The summed E-state index contributed by atoms with van der Waals surface area (Å²) in [5.74, 6) is 0. The Hall–Kier alpha value is 0.467. The van der Waals surface area contributed by atoms with Gasteiger partial charge < -0.3 is 5.32 Å². The van der Waals surface area contributed by atoms with Crippen LogP contribution in [-0.4, -0.2) is 21.6 Å². The van der Waals surface area contributed by atoms with Gasteiger partial charge in [0.05, 0.1) is 5.50 Å². The topological polar surface area (TPSA) is 12.0 Å². The second-order valence-corrected chi connectivity index (χ2v) is 8.81. The smallest absolute Gasteiger partial charge is 0.0847 e. The molecule has 1 unspecified atom stereocenters. The Labute approximate surface area is 84.1 Å². The van der Waals surface area contributed by atoms with E-state index in [1.54, 1.807) is 0 Å². The van der Waals surface area contributed by atoms with Gasteiger partial charge in [0, 0.05) is 9.52 Å². The van der Waals surface area contributed by atoms with Crippen molar-refractivity contribution in [2.75, 3.05) is 6.54 Å². The summed E-state index contributed by atoms with van der Waals surface area (Å²) in [7, 11) is -0.0882. The van der Waals surface area contributed by atoms with Crippen LogP contribution in [0.25, 0.3) is 0 Å². The van der Waals surface area contributed by atoms with Crippen LogP contribution in [-0.2, 0) is 0 Å². The van der Waals surface area contributed by atoms with Crippen molar-refractivity contribution in [2.24, 2.45) is 0 Å². The van der Waals surface area contributed by atoms with Crippen LogP contribution in [0.1, 0.15) is 34.6 Å². The lowest BCUT2D eigenvalue weighted by atomic mass is 10.2. The summed E-state index contributed by atoms with van der Waals surface area (Å²) in [6.45, 7) is 12.2. The molecule has 3 heteroatoms. The van der Waals surface area contributed by atoms with Crippen molar-refractivity contribution in [1.82, 2.24) is 5.32 Å². The van der Waals surface area contributed by atoms with Crippen LogP contribution in [0, 0.1) is 0 Å². The van der Waals surface area contributed by atoms with Crippen LogP contribution < -0.4 is 5.32 Å². The number of halogens is 1. The molecule has 12 heavy (non-hydrogen) atoms. The van der Waals surface area contributed by atoms with E-state index in [2.05, 4.69) is 39.9 Å². The Morgan fingerprint density at radius 3 is 2.25 bits per heavy atom. The van der Waals surface area contributed by atoms with Gasteiger partial charge in [-0.3, -0.25) is 0 Å². The fourth-order valence-electron chi connectivity index (χ4n) is 1.61. The highest BCUT2D eigenvalue weighted by atomic mass is 35.5. The summed E-state index contributed by atoms with van der Waals surface area (Å²) in [5.41, 5.74) is 0.997. The predicted molar refractivity (Wildman–Crippen MR) is 61.0 cm³/mol. The van der Waals surface area contributed by atoms with Gasteiger partial charge in [0.2, 0.25) is 0 Å². The first kappa shape index (κ1) is 12.5. The molecule has 74 valence electrons. The Morgan fingerprint density at radius 2 is 1.92 bits per heavy atom. The van der Waals surface area contributed by atoms with E-state index >= 15 is 0 Å². The number of hydrogen-bond acceptors (Lipinski definition) is 1. The van der Waals surface area contributed by atoms with Crippen molar-refractivity contribution in [1.29, 1.82) is 0 Å². The Balaban J connectivity index is 3.99. The Bertz CT molecular complexity index is 126. The van der Waals surface area contributed by atoms with Gasteiger partial charge in [-0.05, 0) is 11.6 Å². The molecule has 0 spiro atoms. The zero-order valence-corrected chi connectivity index (χ0v) is 11.1. The molecule has 0 aliphatic rings. The molecule has 0 aromatic heterocycles. The number of nitrogens with one attached hydrogen (secondary N) is 1. The van der Waals surface area contributed by atoms with Crippen LogP contribution in [0.5, 0.6) is 0 Å². The molecule has 0 aliphatic heterocycles. The summed E-state index contributed by atoms with van der Waals surface area (Å²) in [4.78, 5) is 0. The van der Waals surface area contributed by atoms with E-state index in [1.165, 1.54) is 0 Å². The summed E-state index contributed by atoms with van der Waals surface area (Å²) in [6, 6.07) is 0.